The van der Waals surface area contributed by atoms with E-state index in [1.807, 2.05) is 0 Å². The number of hydrogen-bond acceptors (Lipinski definition) is 2. The van der Waals surface area contributed by atoms with Gasteiger partial charge in [-0.2, -0.15) is 0 Å². The van der Waals surface area contributed by atoms with E-state index in [1.165, 1.54) is 0 Å². The van der Waals surface area contributed by atoms with Crippen molar-refractivity contribution in [3.05, 3.63) is 0 Å². The van der Waals surface area contributed by atoms with Crippen molar-refractivity contribution in [1.29, 1.82) is 0 Å². The predicted octanol–water partition coefficient (Wildman–Crippen LogP) is 0.301. The number of nitrogens with two attached hydrogens (primary N) is 1. The van der Waals surface area contributed by atoms with E-state index in [-0.39, 0.29) is 12.5 Å². The summed E-state index contributed by atoms with van der Waals surface area (Å²) in [4.78, 5) is 8.20. The lowest BCUT2D eigenvalue weighted by Crippen LogP contribution is -2.00. The van der Waals surface area contributed by atoms with Crippen LogP contribution in [0, 0.1) is 0 Å². The van der Waals surface area contributed by atoms with Crippen LogP contribution >= 0.6 is 19.3 Å². The lowest BCUT2D eigenvalue weighted by Gasteiger charge is -2.01. The monoisotopic (exact) mass is 159 g/mol. The molecule has 0 rings (SSSR count). The summed E-state index contributed by atoms with van der Waals surface area (Å²) in [5.41, 5.74) is 4.55. The van der Waals surface area contributed by atoms with Crippen LogP contribution < -0.4 is 5.50 Å². The third kappa shape index (κ3) is 6.40. The quantitative estimate of drug-likeness (QED) is 0.459. The maximum Gasteiger partial charge on any atom is 0.400 e. The molecule has 50 valence electrons. The van der Waals surface area contributed by atoms with Crippen LogP contribution in [0.2, 0.25) is 0 Å². The summed E-state index contributed by atoms with van der Waals surface area (Å²) in [6, 6.07) is 0. The molecule has 0 aromatic carbocycles. The number of rotatable bonds is 3. The highest BCUT2D eigenvalue weighted by atomic mass is 35.5. The highest BCUT2D eigenvalue weighted by molar-refractivity contribution is 7.50. The molecule has 1 unspecified atom stereocenters. The van der Waals surface area contributed by atoms with Gasteiger partial charge in [-0.3, -0.25) is 4.52 Å². The van der Waals surface area contributed by atoms with Gasteiger partial charge in [-0.15, -0.1) is 11.6 Å². The molecule has 0 aromatic heterocycles. The molecule has 1 atom stereocenters. The van der Waals surface area contributed by atoms with Crippen molar-refractivity contribution in [2.75, 3.05) is 12.5 Å². The largest absolute Gasteiger partial charge is 0.400 e. The molecule has 0 spiro atoms. The average molecular weight is 160 g/mol. The molecule has 0 bridgehead atoms. The molecule has 6 heteroatoms. The highest BCUT2D eigenvalue weighted by Crippen LogP contribution is 2.30. The van der Waals surface area contributed by atoms with E-state index in [2.05, 4.69) is 10.0 Å². The zero-order valence-electron chi connectivity index (χ0n) is 4.08. The fourth-order valence-electron chi connectivity index (χ4n) is 0.165. The van der Waals surface area contributed by atoms with Crippen molar-refractivity contribution in [3.63, 3.8) is 0 Å². The SMILES string of the molecule is NP(=O)(O)OCCCl. The Balaban J connectivity index is 3.26. The Morgan fingerprint density at radius 1 is 1.88 bits per heavy atom. The first-order chi connectivity index (χ1) is 3.56. The van der Waals surface area contributed by atoms with Crippen LogP contribution in [0.3, 0.4) is 0 Å². The van der Waals surface area contributed by atoms with Crippen molar-refractivity contribution in [2.24, 2.45) is 5.50 Å². The van der Waals surface area contributed by atoms with Gasteiger partial charge in [0, 0.05) is 5.88 Å². The third-order valence-electron chi connectivity index (χ3n) is 0.353. The van der Waals surface area contributed by atoms with Crippen LogP contribution in [0.15, 0.2) is 0 Å². The van der Waals surface area contributed by atoms with Gasteiger partial charge in [0.25, 0.3) is 0 Å². The molecule has 0 radical (unpaired) electrons. The van der Waals surface area contributed by atoms with Gasteiger partial charge in [0.05, 0.1) is 6.61 Å². The molecule has 0 heterocycles. The maximum absolute atomic E-state index is 10.0. The van der Waals surface area contributed by atoms with Crippen molar-refractivity contribution in [2.45, 2.75) is 0 Å². The molecule has 0 aliphatic rings. The third-order valence-corrected chi connectivity index (χ3v) is 1.06. The van der Waals surface area contributed by atoms with E-state index in [1.54, 1.807) is 0 Å². The average Bonchev–Trinajstić information content (AvgIpc) is 1.59. The summed E-state index contributed by atoms with van der Waals surface area (Å²) in [5.74, 6) is 0.168. The Bertz CT molecular complexity index is 101. The molecule has 8 heavy (non-hydrogen) atoms. The van der Waals surface area contributed by atoms with Gasteiger partial charge < -0.3 is 4.89 Å². The summed E-state index contributed by atoms with van der Waals surface area (Å²) < 4.78 is 14.2. The van der Waals surface area contributed by atoms with Gasteiger partial charge in [-0.25, -0.2) is 10.1 Å². The van der Waals surface area contributed by atoms with Crippen LogP contribution in [0.25, 0.3) is 0 Å². The lowest BCUT2D eigenvalue weighted by atomic mass is 10.9. The van der Waals surface area contributed by atoms with Crippen LogP contribution in [0.1, 0.15) is 0 Å². The Kier molecular flexibility index (Phi) is 3.60. The van der Waals surface area contributed by atoms with Crippen LogP contribution in [-0.2, 0) is 9.09 Å². The Morgan fingerprint density at radius 2 is 2.38 bits per heavy atom. The van der Waals surface area contributed by atoms with Gasteiger partial charge >= 0.3 is 7.75 Å². The normalized spacial score (nSPS) is 17.9. The minimum Gasteiger partial charge on any atom is -0.313 e. The van der Waals surface area contributed by atoms with E-state index in [4.69, 9.17) is 16.5 Å². The minimum absolute atomic E-state index is 0.00579. The summed E-state index contributed by atoms with van der Waals surface area (Å²) in [6.07, 6.45) is 0. The summed E-state index contributed by atoms with van der Waals surface area (Å²) in [7, 11) is -3.77. The fraction of sp³-hybridized carbons (Fsp3) is 1.00. The fourth-order valence-corrected chi connectivity index (χ4v) is 0.703. The zero-order valence-corrected chi connectivity index (χ0v) is 5.73. The summed E-state index contributed by atoms with van der Waals surface area (Å²) in [6.45, 7) is 0.00579. The second-order valence-corrected chi connectivity index (χ2v) is 2.85. The van der Waals surface area contributed by atoms with Crippen molar-refractivity contribution in [1.82, 2.24) is 0 Å². The molecule has 3 N–H and O–H groups in total. The topological polar surface area (TPSA) is 72.6 Å². The molecular weight excluding hydrogens is 152 g/mol. The number of halogens is 1. The molecule has 0 fully saturated rings. The van der Waals surface area contributed by atoms with Crippen molar-refractivity contribution < 1.29 is 14.0 Å². The maximum atomic E-state index is 10.0. The van der Waals surface area contributed by atoms with E-state index < -0.39 is 7.75 Å². The second-order valence-electron chi connectivity index (χ2n) is 1.09. The van der Waals surface area contributed by atoms with Crippen LogP contribution in [0.4, 0.5) is 0 Å². The predicted molar refractivity (Wildman–Crippen MR) is 30.7 cm³/mol. The van der Waals surface area contributed by atoms with Gasteiger partial charge in [0.15, 0.2) is 0 Å². The number of alkyl halides is 1. The Morgan fingerprint density at radius 3 is 2.50 bits per heavy atom. The molecule has 0 amide bonds. The molecule has 0 aromatic rings. The standard InChI is InChI=1S/C2H7ClNO3P/c3-1-2-7-8(4,5)6/h1-2H2,(H3,4,5,6). The van der Waals surface area contributed by atoms with Crippen molar-refractivity contribution in [3.8, 4) is 0 Å². The lowest BCUT2D eigenvalue weighted by molar-refractivity contribution is 0.276. The van der Waals surface area contributed by atoms with E-state index in [9.17, 15) is 4.57 Å². The van der Waals surface area contributed by atoms with Crippen LogP contribution in [0.5, 0.6) is 0 Å². The van der Waals surface area contributed by atoms with Gasteiger partial charge in [-0.1, -0.05) is 0 Å². The number of hydrogen-bond donors (Lipinski definition) is 2. The highest BCUT2D eigenvalue weighted by Gasteiger charge is 2.08. The van der Waals surface area contributed by atoms with Gasteiger partial charge in [-0.05, 0) is 0 Å². The molecule has 0 saturated carbocycles. The van der Waals surface area contributed by atoms with Gasteiger partial charge in [0.1, 0.15) is 0 Å². The van der Waals surface area contributed by atoms with E-state index in [0.717, 1.165) is 0 Å². The van der Waals surface area contributed by atoms with Crippen molar-refractivity contribution >= 4 is 19.3 Å². The Hall–Kier alpha value is 0.400. The van der Waals surface area contributed by atoms with E-state index in [0.29, 0.717) is 0 Å². The first kappa shape index (κ1) is 8.40. The second kappa shape index (κ2) is 3.43. The Labute approximate surface area is 52.2 Å². The molecule has 0 aliphatic carbocycles. The van der Waals surface area contributed by atoms with Crippen LogP contribution in [-0.4, -0.2) is 17.4 Å². The molecule has 0 saturated heterocycles. The summed E-state index contributed by atoms with van der Waals surface area (Å²) in [5, 5.41) is 0. The zero-order chi connectivity index (χ0) is 6.62. The first-order valence-electron chi connectivity index (χ1n) is 1.88. The first-order valence-corrected chi connectivity index (χ1v) is 4.06. The molecule has 0 aliphatic heterocycles. The molecular formula is C2H7ClNO3P. The van der Waals surface area contributed by atoms with E-state index >= 15 is 0 Å². The summed E-state index contributed by atoms with van der Waals surface area (Å²) >= 11 is 5.09. The van der Waals surface area contributed by atoms with Gasteiger partial charge in [0.2, 0.25) is 0 Å². The smallest absolute Gasteiger partial charge is 0.313 e. The molecule has 4 nitrogen and oxygen atoms in total. The minimum atomic E-state index is -3.77.